The highest BCUT2D eigenvalue weighted by molar-refractivity contribution is 8.00. The molecule has 0 spiro atoms. The van der Waals surface area contributed by atoms with Gasteiger partial charge in [0.05, 0.1) is 17.6 Å². The molecule has 0 aliphatic rings. The molecule has 1 aromatic carbocycles. The van der Waals surface area contributed by atoms with E-state index in [0.717, 1.165) is 11.3 Å². The number of rotatable bonds is 7. The van der Waals surface area contributed by atoms with Gasteiger partial charge in [-0.25, -0.2) is 0 Å². The summed E-state index contributed by atoms with van der Waals surface area (Å²) >= 11 is 1.47. The van der Waals surface area contributed by atoms with Crippen LogP contribution in [0.15, 0.2) is 23.1 Å². The average molecular weight is 285 g/mol. The van der Waals surface area contributed by atoms with Gasteiger partial charge in [0.2, 0.25) is 0 Å². The molecule has 0 bridgehead atoms. The van der Waals surface area contributed by atoms with Crippen molar-refractivity contribution in [2.45, 2.75) is 43.4 Å². The topological polar surface area (TPSA) is 72.6 Å². The zero-order valence-electron chi connectivity index (χ0n) is 11.3. The number of ether oxygens (including phenoxy) is 1. The second kappa shape index (κ2) is 7.35. The zero-order valence-corrected chi connectivity index (χ0v) is 12.1. The molecule has 2 atom stereocenters. The predicted molar refractivity (Wildman–Crippen MR) is 75.9 cm³/mol. The summed E-state index contributed by atoms with van der Waals surface area (Å²) in [6, 6.07) is 4.79. The molecule has 0 fully saturated rings. The summed E-state index contributed by atoms with van der Waals surface area (Å²) in [6.45, 7) is 6.02. The van der Waals surface area contributed by atoms with Gasteiger partial charge in [-0.15, -0.1) is 11.8 Å². The highest BCUT2D eigenvalue weighted by Gasteiger charge is 2.17. The molecule has 0 radical (unpaired) electrons. The SMILES string of the molecule is CCCOc1cc(SC(C)C(C)O)ccc1[N+](=O)[O-]. The Morgan fingerprint density at radius 1 is 1.47 bits per heavy atom. The van der Waals surface area contributed by atoms with Crippen LogP contribution in [0.2, 0.25) is 0 Å². The van der Waals surface area contributed by atoms with Crippen LogP contribution in [0, 0.1) is 10.1 Å². The standard InChI is InChI=1S/C13H19NO4S/c1-4-7-18-13-8-11(19-10(3)9(2)15)5-6-12(13)14(16)17/h5-6,8-10,15H,4,7H2,1-3H3. The summed E-state index contributed by atoms with van der Waals surface area (Å²) in [5.74, 6) is 0.287. The number of aliphatic hydroxyl groups excluding tert-OH is 1. The van der Waals surface area contributed by atoms with Gasteiger partial charge in [-0.2, -0.15) is 0 Å². The van der Waals surface area contributed by atoms with Gasteiger partial charge >= 0.3 is 5.69 Å². The van der Waals surface area contributed by atoms with Gasteiger partial charge < -0.3 is 9.84 Å². The highest BCUT2D eigenvalue weighted by atomic mass is 32.2. The Hall–Kier alpha value is -1.27. The summed E-state index contributed by atoms with van der Waals surface area (Å²) in [6.07, 6.45) is 0.346. The van der Waals surface area contributed by atoms with E-state index in [1.54, 1.807) is 19.1 Å². The van der Waals surface area contributed by atoms with Gasteiger partial charge in [-0.1, -0.05) is 13.8 Å². The van der Waals surface area contributed by atoms with Crippen molar-refractivity contribution in [3.05, 3.63) is 28.3 Å². The van der Waals surface area contributed by atoms with E-state index in [-0.39, 0.29) is 16.7 Å². The zero-order chi connectivity index (χ0) is 14.4. The summed E-state index contributed by atoms with van der Waals surface area (Å²) in [7, 11) is 0. The average Bonchev–Trinajstić information content (AvgIpc) is 2.35. The fraction of sp³-hybridized carbons (Fsp3) is 0.538. The molecule has 0 amide bonds. The van der Waals surface area contributed by atoms with E-state index in [9.17, 15) is 15.2 Å². The minimum Gasteiger partial charge on any atom is -0.487 e. The number of nitro groups is 1. The van der Waals surface area contributed by atoms with E-state index in [1.807, 2.05) is 13.8 Å². The van der Waals surface area contributed by atoms with Crippen molar-refractivity contribution in [3.63, 3.8) is 0 Å². The molecular formula is C13H19NO4S. The smallest absolute Gasteiger partial charge is 0.310 e. The summed E-state index contributed by atoms with van der Waals surface area (Å²) in [4.78, 5) is 11.3. The number of aliphatic hydroxyl groups is 1. The first-order chi connectivity index (χ1) is 8.95. The molecule has 0 aliphatic heterocycles. The van der Waals surface area contributed by atoms with Crippen LogP contribution in [-0.4, -0.2) is 28.0 Å². The van der Waals surface area contributed by atoms with Crippen LogP contribution in [0.25, 0.3) is 0 Å². The van der Waals surface area contributed by atoms with Gasteiger partial charge in [-0.05, 0) is 19.4 Å². The van der Waals surface area contributed by atoms with Crippen molar-refractivity contribution in [3.8, 4) is 5.75 Å². The van der Waals surface area contributed by atoms with Gasteiger partial charge in [0, 0.05) is 22.3 Å². The Bertz CT molecular complexity index is 437. The molecule has 6 heteroatoms. The molecule has 106 valence electrons. The molecule has 19 heavy (non-hydrogen) atoms. The lowest BCUT2D eigenvalue weighted by Crippen LogP contribution is -2.14. The molecule has 1 rings (SSSR count). The fourth-order valence-electron chi connectivity index (χ4n) is 1.36. The minimum atomic E-state index is -0.447. The summed E-state index contributed by atoms with van der Waals surface area (Å²) < 4.78 is 5.41. The highest BCUT2D eigenvalue weighted by Crippen LogP contribution is 2.34. The van der Waals surface area contributed by atoms with Gasteiger partial charge in [-0.3, -0.25) is 10.1 Å². The van der Waals surface area contributed by atoms with E-state index >= 15 is 0 Å². The van der Waals surface area contributed by atoms with E-state index in [1.165, 1.54) is 17.8 Å². The third-order valence-electron chi connectivity index (χ3n) is 2.59. The van der Waals surface area contributed by atoms with Crippen LogP contribution in [0.4, 0.5) is 5.69 Å². The van der Waals surface area contributed by atoms with Crippen LogP contribution >= 0.6 is 11.8 Å². The first-order valence-electron chi connectivity index (χ1n) is 6.21. The van der Waals surface area contributed by atoms with E-state index < -0.39 is 11.0 Å². The number of nitro benzene ring substituents is 1. The van der Waals surface area contributed by atoms with Crippen molar-refractivity contribution in [2.75, 3.05) is 6.61 Å². The van der Waals surface area contributed by atoms with Gasteiger partial charge in [0.15, 0.2) is 5.75 Å². The van der Waals surface area contributed by atoms with Crippen LogP contribution in [-0.2, 0) is 0 Å². The third kappa shape index (κ3) is 4.72. The molecule has 0 heterocycles. The molecule has 0 aromatic heterocycles. The largest absolute Gasteiger partial charge is 0.487 e. The Labute approximate surface area is 117 Å². The normalized spacial score (nSPS) is 13.9. The number of hydrogen-bond acceptors (Lipinski definition) is 5. The third-order valence-corrected chi connectivity index (χ3v) is 3.88. The number of nitrogens with zero attached hydrogens (tertiary/aromatic N) is 1. The number of benzene rings is 1. The van der Waals surface area contributed by atoms with Crippen molar-refractivity contribution < 1.29 is 14.8 Å². The summed E-state index contributed by atoms with van der Waals surface area (Å²) in [5, 5.41) is 20.4. The monoisotopic (exact) mass is 285 g/mol. The Balaban J connectivity index is 2.93. The van der Waals surface area contributed by atoms with Crippen molar-refractivity contribution >= 4 is 17.4 Å². The molecule has 0 saturated heterocycles. The first kappa shape index (κ1) is 15.8. The molecule has 1 N–H and O–H groups in total. The lowest BCUT2D eigenvalue weighted by Gasteiger charge is -2.14. The minimum absolute atomic E-state index is 0.0143. The lowest BCUT2D eigenvalue weighted by atomic mass is 10.3. The van der Waals surface area contributed by atoms with Gasteiger partial charge in [0.1, 0.15) is 0 Å². The fourth-order valence-corrected chi connectivity index (χ4v) is 2.31. The molecule has 0 aliphatic carbocycles. The number of thioether (sulfide) groups is 1. The van der Waals surface area contributed by atoms with Crippen LogP contribution in [0.1, 0.15) is 27.2 Å². The van der Waals surface area contributed by atoms with Crippen LogP contribution < -0.4 is 4.74 Å². The number of hydrogen-bond donors (Lipinski definition) is 1. The first-order valence-corrected chi connectivity index (χ1v) is 7.09. The van der Waals surface area contributed by atoms with E-state index in [4.69, 9.17) is 4.74 Å². The Morgan fingerprint density at radius 2 is 2.16 bits per heavy atom. The molecule has 1 aromatic rings. The maximum absolute atomic E-state index is 10.9. The Kier molecular flexibility index (Phi) is 6.11. The maximum Gasteiger partial charge on any atom is 0.310 e. The van der Waals surface area contributed by atoms with Crippen LogP contribution in [0.5, 0.6) is 5.75 Å². The van der Waals surface area contributed by atoms with Crippen LogP contribution in [0.3, 0.4) is 0 Å². The second-order valence-corrected chi connectivity index (χ2v) is 5.75. The maximum atomic E-state index is 10.9. The lowest BCUT2D eigenvalue weighted by molar-refractivity contribution is -0.385. The molecule has 5 nitrogen and oxygen atoms in total. The molecular weight excluding hydrogens is 266 g/mol. The molecule has 0 saturated carbocycles. The van der Waals surface area contributed by atoms with E-state index in [0.29, 0.717) is 6.61 Å². The van der Waals surface area contributed by atoms with Crippen molar-refractivity contribution in [1.82, 2.24) is 0 Å². The van der Waals surface area contributed by atoms with Crippen molar-refractivity contribution in [2.24, 2.45) is 0 Å². The van der Waals surface area contributed by atoms with E-state index in [2.05, 4.69) is 0 Å². The molecule has 2 unspecified atom stereocenters. The summed E-state index contributed by atoms with van der Waals surface area (Å²) in [5.41, 5.74) is -0.0255. The predicted octanol–water partition coefficient (Wildman–Crippen LogP) is 3.25. The quantitative estimate of drug-likeness (QED) is 0.473. The Morgan fingerprint density at radius 3 is 2.68 bits per heavy atom. The van der Waals surface area contributed by atoms with Crippen molar-refractivity contribution in [1.29, 1.82) is 0 Å². The van der Waals surface area contributed by atoms with Gasteiger partial charge in [0.25, 0.3) is 0 Å². The second-order valence-electron chi connectivity index (χ2n) is 4.30.